The summed E-state index contributed by atoms with van der Waals surface area (Å²) < 4.78 is 31.3. The molecule has 8 heteroatoms. The molecule has 25 heavy (non-hydrogen) atoms. The summed E-state index contributed by atoms with van der Waals surface area (Å²) in [5.41, 5.74) is -2.05. The van der Waals surface area contributed by atoms with Gasteiger partial charge < -0.3 is 10.1 Å². The third-order valence-electron chi connectivity index (χ3n) is 3.75. The van der Waals surface area contributed by atoms with Gasteiger partial charge in [0.05, 0.1) is 5.75 Å². The number of unbranched alkanes of at least 4 members (excludes halogenated alkanes) is 2. The summed E-state index contributed by atoms with van der Waals surface area (Å²) in [7, 11) is -3.77. The molecule has 0 spiro atoms. The van der Waals surface area contributed by atoms with E-state index in [0.29, 0.717) is 19.3 Å². The van der Waals surface area contributed by atoms with Gasteiger partial charge in [-0.25, -0.2) is 13.2 Å². The Morgan fingerprint density at radius 3 is 2.40 bits per heavy atom. The predicted molar refractivity (Wildman–Crippen MR) is 96.4 cm³/mol. The average molecular weight is 372 g/mol. The van der Waals surface area contributed by atoms with Crippen molar-refractivity contribution in [2.45, 2.75) is 57.6 Å². The number of rotatable bonds is 9. The van der Waals surface area contributed by atoms with Crippen molar-refractivity contribution in [3.63, 3.8) is 0 Å². The minimum Gasteiger partial charge on any atom is -0.444 e. The number of nitrogens with one attached hydrogen (secondary N) is 2. The van der Waals surface area contributed by atoms with Crippen LogP contribution in [0.15, 0.2) is 25.3 Å². The lowest BCUT2D eigenvalue weighted by Gasteiger charge is -2.23. The van der Waals surface area contributed by atoms with Crippen molar-refractivity contribution in [2.24, 2.45) is 5.92 Å². The third-order valence-corrected chi connectivity index (χ3v) is 5.07. The van der Waals surface area contributed by atoms with Gasteiger partial charge in [-0.15, -0.1) is 13.2 Å². The Kier molecular flexibility index (Phi) is 6.82. The zero-order valence-electron chi connectivity index (χ0n) is 15.1. The van der Waals surface area contributed by atoms with Crippen LogP contribution in [0.5, 0.6) is 0 Å². The molecule has 0 aromatic rings. The summed E-state index contributed by atoms with van der Waals surface area (Å²) in [4.78, 5) is 24.5. The van der Waals surface area contributed by atoms with E-state index in [2.05, 4.69) is 23.2 Å². The molecule has 0 unspecified atom stereocenters. The van der Waals surface area contributed by atoms with Crippen LogP contribution in [0, 0.1) is 5.92 Å². The Hall–Kier alpha value is -1.83. The van der Waals surface area contributed by atoms with E-state index in [1.165, 1.54) is 6.08 Å². The van der Waals surface area contributed by atoms with E-state index >= 15 is 0 Å². The number of carbonyl (C=O) groups excluding carboxylic acids is 2. The van der Waals surface area contributed by atoms with Crippen LogP contribution in [0.4, 0.5) is 4.79 Å². The summed E-state index contributed by atoms with van der Waals surface area (Å²) in [5, 5.41) is 2.50. The van der Waals surface area contributed by atoms with Crippen LogP contribution < -0.4 is 10.0 Å². The van der Waals surface area contributed by atoms with Crippen LogP contribution in [0.3, 0.4) is 0 Å². The maximum atomic E-state index is 12.5. The van der Waals surface area contributed by atoms with Crippen molar-refractivity contribution in [1.82, 2.24) is 10.0 Å². The first-order chi connectivity index (χ1) is 11.5. The lowest BCUT2D eigenvalue weighted by Crippen LogP contribution is -2.53. The van der Waals surface area contributed by atoms with E-state index in [9.17, 15) is 18.0 Å². The molecule has 0 aliphatic heterocycles. The monoisotopic (exact) mass is 372 g/mol. The Balaban J connectivity index is 2.72. The highest BCUT2D eigenvalue weighted by Gasteiger charge is 2.61. The molecule has 2 amide bonds. The number of amides is 2. The van der Waals surface area contributed by atoms with Crippen LogP contribution in [-0.2, 0) is 19.6 Å². The number of hydrogen-bond donors (Lipinski definition) is 2. The smallest absolute Gasteiger partial charge is 0.408 e. The standard InChI is InChI=1S/C17H28N2O5S/c1-6-8-9-10-11-25(22,23)19-14(20)17(12-13(17)7-2)18-15(21)24-16(3,4)5/h6-7,13H,1-2,8-12H2,3-5H3,(H,18,21)(H,19,20)/t13-,17-/m1/s1. The number of carbonyl (C=O) groups is 2. The predicted octanol–water partition coefficient (Wildman–Crippen LogP) is 2.26. The first-order valence-corrected chi connectivity index (χ1v) is 9.90. The summed E-state index contributed by atoms with van der Waals surface area (Å²) >= 11 is 0. The van der Waals surface area contributed by atoms with Crippen LogP contribution in [0.25, 0.3) is 0 Å². The van der Waals surface area contributed by atoms with E-state index in [-0.39, 0.29) is 18.1 Å². The van der Waals surface area contributed by atoms with E-state index < -0.39 is 33.2 Å². The van der Waals surface area contributed by atoms with Gasteiger partial charge in [-0.2, -0.15) is 0 Å². The molecule has 0 bridgehead atoms. The van der Waals surface area contributed by atoms with Crippen LogP contribution in [-0.4, -0.2) is 37.3 Å². The van der Waals surface area contributed by atoms with Gasteiger partial charge >= 0.3 is 6.09 Å². The fourth-order valence-corrected chi connectivity index (χ4v) is 3.53. The van der Waals surface area contributed by atoms with Gasteiger partial charge in [-0.05, 0) is 46.5 Å². The minimum atomic E-state index is -3.77. The molecule has 142 valence electrons. The van der Waals surface area contributed by atoms with Gasteiger partial charge in [-0.3, -0.25) is 9.52 Å². The van der Waals surface area contributed by atoms with Crippen molar-refractivity contribution >= 4 is 22.0 Å². The first kappa shape index (κ1) is 21.2. The summed E-state index contributed by atoms with van der Waals surface area (Å²) in [6.07, 6.45) is 4.56. The Morgan fingerprint density at radius 1 is 1.28 bits per heavy atom. The molecule has 2 atom stereocenters. The van der Waals surface area contributed by atoms with Crippen molar-refractivity contribution in [3.05, 3.63) is 25.3 Å². The highest BCUT2D eigenvalue weighted by atomic mass is 32.2. The number of hydrogen-bond acceptors (Lipinski definition) is 5. The molecular formula is C17H28N2O5S. The van der Waals surface area contributed by atoms with Gasteiger partial charge in [0.2, 0.25) is 10.0 Å². The normalized spacial score (nSPS) is 22.6. The van der Waals surface area contributed by atoms with Gasteiger partial charge in [0, 0.05) is 5.92 Å². The molecule has 0 saturated heterocycles. The fraction of sp³-hybridized carbons (Fsp3) is 0.647. The molecule has 0 heterocycles. The maximum Gasteiger partial charge on any atom is 0.408 e. The average Bonchev–Trinajstić information content (AvgIpc) is 3.15. The SMILES string of the molecule is C=CCCCCS(=O)(=O)NC(=O)[C@@]1(NC(=O)OC(C)(C)C)C[C@H]1C=C. The zero-order valence-corrected chi connectivity index (χ0v) is 15.9. The summed E-state index contributed by atoms with van der Waals surface area (Å²) in [6, 6.07) is 0. The van der Waals surface area contributed by atoms with Crippen molar-refractivity contribution in [2.75, 3.05) is 5.75 Å². The lowest BCUT2D eigenvalue weighted by molar-refractivity contribution is -0.122. The van der Waals surface area contributed by atoms with Crippen LogP contribution in [0.2, 0.25) is 0 Å². The zero-order chi connectivity index (χ0) is 19.3. The van der Waals surface area contributed by atoms with Crippen LogP contribution in [0.1, 0.15) is 46.5 Å². The largest absolute Gasteiger partial charge is 0.444 e. The Labute approximate surface area is 149 Å². The molecule has 1 aliphatic carbocycles. The second-order valence-corrected chi connectivity index (χ2v) is 9.02. The highest BCUT2D eigenvalue weighted by Crippen LogP contribution is 2.44. The van der Waals surface area contributed by atoms with E-state index in [4.69, 9.17) is 4.74 Å². The number of allylic oxidation sites excluding steroid dienone is 1. The van der Waals surface area contributed by atoms with Gasteiger partial charge in [0.1, 0.15) is 11.1 Å². The molecule has 1 saturated carbocycles. The molecule has 0 radical (unpaired) electrons. The van der Waals surface area contributed by atoms with E-state index in [0.717, 1.165) is 0 Å². The number of sulfonamides is 1. The Morgan fingerprint density at radius 2 is 1.92 bits per heavy atom. The molecule has 1 fully saturated rings. The minimum absolute atomic E-state index is 0.159. The second kappa shape index (κ2) is 8.03. The summed E-state index contributed by atoms with van der Waals surface area (Å²) in [5.74, 6) is -1.25. The molecule has 1 aliphatic rings. The quantitative estimate of drug-likeness (QED) is 0.477. The molecule has 0 aromatic heterocycles. The molecule has 7 nitrogen and oxygen atoms in total. The van der Waals surface area contributed by atoms with Crippen molar-refractivity contribution in [1.29, 1.82) is 0 Å². The Bertz CT molecular complexity index is 636. The second-order valence-electron chi connectivity index (χ2n) is 7.18. The lowest BCUT2D eigenvalue weighted by atomic mass is 10.2. The highest BCUT2D eigenvalue weighted by molar-refractivity contribution is 7.90. The van der Waals surface area contributed by atoms with Gasteiger partial charge in [0.25, 0.3) is 5.91 Å². The number of ether oxygens (including phenoxy) is 1. The van der Waals surface area contributed by atoms with Crippen LogP contribution >= 0.6 is 0 Å². The van der Waals surface area contributed by atoms with Crippen molar-refractivity contribution in [3.8, 4) is 0 Å². The molecular weight excluding hydrogens is 344 g/mol. The van der Waals surface area contributed by atoms with Gasteiger partial charge in [0.15, 0.2) is 0 Å². The molecule has 1 rings (SSSR count). The fourth-order valence-electron chi connectivity index (χ4n) is 2.38. The molecule has 2 N–H and O–H groups in total. The first-order valence-electron chi connectivity index (χ1n) is 8.25. The maximum absolute atomic E-state index is 12.5. The third kappa shape index (κ3) is 6.53. The van der Waals surface area contributed by atoms with E-state index in [1.54, 1.807) is 26.8 Å². The summed E-state index contributed by atoms with van der Waals surface area (Å²) in [6.45, 7) is 12.3. The van der Waals surface area contributed by atoms with E-state index in [1.807, 2.05) is 0 Å². The number of alkyl carbamates (subject to hydrolysis) is 1. The molecule has 0 aromatic carbocycles. The topological polar surface area (TPSA) is 102 Å². The van der Waals surface area contributed by atoms with Crippen molar-refractivity contribution < 1.29 is 22.7 Å². The van der Waals surface area contributed by atoms with Gasteiger partial charge in [-0.1, -0.05) is 12.2 Å².